The zero-order valence-electron chi connectivity index (χ0n) is 13.2. The number of ether oxygens (including phenoxy) is 1. The summed E-state index contributed by atoms with van der Waals surface area (Å²) in [5.41, 5.74) is 0.838. The van der Waals surface area contributed by atoms with Crippen LogP contribution >= 0.6 is 23.1 Å². The highest BCUT2D eigenvalue weighted by atomic mass is 32.2. The Bertz CT molecular complexity index is 838. The highest BCUT2D eigenvalue weighted by molar-refractivity contribution is 8.00. The van der Waals surface area contributed by atoms with Crippen LogP contribution in [0.15, 0.2) is 41.8 Å². The summed E-state index contributed by atoms with van der Waals surface area (Å²) in [6.45, 7) is 4.37. The van der Waals surface area contributed by atoms with Gasteiger partial charge < -0.3 is 10.1 Å². The Balaban J connectivity index is 1.68. The Labute approximate surface area is 147 Å². The second-order valence-corrected chi connectivity index (χ2v) is 7.20. The molecule has 6 nitrogen and oxygen atoms in total. The van der Waals surface area contributed by atoms with Crippen LogP contribution in [0.4, 0.5) is 5.13 Å². The number of nitrogens with zero attached hydrogens (tertiary/aromatic N) is 3. The van der Waals surface area contributed by atoms with E-state index in [1.54, 1.807) is 18.5 Å². The monoisotopic (exact) mass is 360 g/mol. The number of carbonyl (C=O) groups excluding carboxylic acids is 1. The lowest BCUT2D eigenvalue weighted by Gasteiger charge is -2.08. The molecule has 1 N–H and O–H groups in total. The van der Waals surface area contributed by atoms with E-state index in [1.807, 2.05) is 32.0 Å². The first kappa shape index (κ1) is 16.7. The van der Waals surface area contributed by atoms with E-state index in [1.165, 1.54) is 23.1 Å². The lowest BCUT2D eigenvalue weighted by atomic mass is 10.3. The minimum Gasteiger partial charge on any atom is -0.494 e. The predicted molar refractivity (Wildman–Crippen MR) is 96.8 cm³/mol. The molecule has 0 aliphatic heterocycles. The van der Waals surface area contributed by atoms with Crippen molar-refractivity contribution in [3.05, 3.63) is 36.7 Å². The largest absolute Gasteiger partial charge is 0.494 e. The number of aromatic nitrogens is 3. The van der Waals surface area contributed by atoms with Crippen molar-refractivity contribution >= 4 is 44.4 Å². The molecule has 2 aromatic heterocycles. The summed E-state index contributed by atoms with van der Waals surface area (Å²) in [6.07, 6.45) is 3.31. The number of thiazole rings is 1. The first-order valence-corrected chi connectivity index (χ1v) is 9.13. The van der Waals surface area contributed by atoms with E-state index in [0.29, 0.717) is 16.9 Å². The summed E-state index contributed by atoms with van der Waals surface area (Å²) in [5.74, 6) is 0.674. The van der Waals surface area contributed by atoms with Crippen molar-refractivity contribution in [1.29, 1.82) is 0 Å². The number of anilines is 1. The molecule has 1 aromatic carbocycles. The van der Waals surface area contributed by atoms with Gasteiger partial charge in [-0.05, 0) is 38.1 Å². The zero-order chi connectivity index (χ0) is 16.9. The second-order valence-electron chi connectivity index (χ2n) is 4.86. The molecule has 1 unspecified atom stereocenters. The van der Waals surface area contributed by atoms with E-state index in [9.17, 15) is 4.79 Å². The van der Waals surface area contributed by atoms with Gasteiger partial charge in [-0.2, -0.15) is 0 Å². The minimum absolute atomic E-state index is 0.128. The smallest absolute Gasteiger partial charge is 0.239 e. The third kappa shape index (κ3) is 4.01. The topological polar surface area (TPSA) is 77.0 Å². The van der Waals surface area contributed by atoms with Gasteiger partial charge in [0.05, 0.1) is 22.1 Å². The van der Waals surface area contributed by atoms with Gasteiger partial charge >= 0.3 is 0 Å². The van der Waals surface area contributed by atoms with E-state index in [-0.39, 0.29) is 11.2 Å². The van der Waals surface area contributed by atoms with E-state index >= 15 is 0 Å². The van der Waals surface area contributed by atoms with Crippen LogP contribution in [0.1, 0.15) is 13.8 Å². The summed E-state index contributed by atoms with van der Waals surface area (Å²) in [4.78, 5) is 25.0. The van der Waals surface area contributed by atoms with Crippen molar-refractivity contribution in [2.24, 2.45) is 0 Å². The molecule has 0 bridgehead atoms. The maximum atomic E-state index is 12.3. The number of thioether (sulfide) groups is 1. The lowest BCUT2D eigenvalue weighted by Crippen LogP contribution is -2.22. The van der Waals surface area contributed by atoms with Crippen molar-refractivity contribution in [3.8, 4) is 5.75 Å². The SMILES string of the molecule is CCOc1ccc2nc(NC(=O)C(C)Sc3ncccn3)sc2c1. The van der Waals surface area contributed by atoms with Crippen LogP contribution in [-0.4, -0.2) is 32.7 Å². The van der Waals surface area contributed by atoms with Crippen molar-refractivity contribution in [2.75, 3.05) is 11.9 Å². The van der Waals surface area contributed by atoms with Crippen LogP contribution in [0.5, 0.6) is 5.75 Å². The van der Waals surface area contributed by atoms with Gasteiger partial charge in [0.25, 0.3) is 0 Å². The summed E-state index contributed by atoms with van der Waals surface area (Å²) in [6, 6.07) is 7.44. The number of hydrogen-bond acceptors (Lipinski definition) is 7. The van der Waals surface area contributed by atoms with Crippen LogP contribution in [0.25, 0.3) is 10.2 Å². The Morgan fingerprint density at radius 3 is 2.92 bits per heavy atom. The van der Waals surface area contributed by atoms with Gasteiger partial charge in [-0.25, -0.2) is 15.0 Å². The number of rotatable bonds is 6. The molecule has 0 aliphatic carbocycles. The Hall–Kier alpha value is -2.19. The minimum atomic E-state index is -0.321. The van der Waals surface area contributed by atoms with E-state index in [0.717, 1.165) is 16.0 Å². The maximum Gasteiger partial charge on any atom is 0.239 e. The first-order chi connectivity index (χ1) is 11.7. The standard InChI is InChI=1S/C16H16N4O2S2/c1-3-22-11-5-6-12-13(9-11)24-16(19-12)20-14(21)10(2)23-15-17-7-4-8-18-15/h4-10H,3H2,1-2H3,(H,19,20,21). The van der Waals surface area contributed by atoms with Crippen molar-refractivity contribution in [1.82, 2.24) is 15.0 Å². The average Bonchev–Trinajstić information content (AvgIpc) is 2.97. The van der Waals surface area contributed by atoms with Crippen molar-refractivity contribution < 1.29 is 9.53 Å². The molecule has 8 heteroatoms. The molecule has 0 fully saturated rings. The van der Waals surface area contributed by atoms with Crippen LogP contribution in [0.2, 0.25) is 0 Å². The Kier molecular flexibility index (Phi) is 5.27. The van der Waals surface area contributed by atoms with Gasteiger partial charge in [-0.1, -0.05) is 23.1 Å². The fourth-order valence-electron chi connectivity index (χ4n) is 1.98. The lowest BCUT2D eigenvalue weighted by molar-refractivity contribution is -0.115. The Morgan fingerprint density at radius 2 is 2.17 bits per heavy atom. The number of fused-ring (bicyclic) bond motifs is 1. The van der Waals surface area contributed by atoms with E-state index in [2.05, 4.69) is 20.3 Å². The van der Waals surface area contributed by atoms with Crippen LogP contribution in [-0.2, 0) is 4.79 Å². The van der Waals surface area contributed by atoms with Crippen LogP contribution < -0.4 is 10.1 Å². The molecule has 2 heterocycles. The number of hydrogen-bond donors (Lipinski definition) is 1. The summed E-state index contributed by atoms with van der Waals surface area (Å²) in [5, 5.41) is 3.68. The highest BCUT2D eigenvalue weighted by Crippen LogP contribution is 2.30. The van der Waals surface area contributed by atoms with Gasteiger partial charge in [-0.3, -0.25) is 4.79 Å². The normalized spacial score (nSPS) is 12.1. The molecule has 0 saturated heterocycles. The molecule has 0 saturated carbocycles. The molecule has 124 valence electrons. The van der Waals surface area contributed by atoms with Crippen molar-refractivity contribution in [3.63, 3.8) is 0 Å². The van der Waals surface area contributed by atoms with Crippen LogP contribution in [0, 0.1) is 0 Å². The summed E-state index contributed by atoms with van der Waals surface area (Å²) >= 11 is 2.74. The van der Waals surface area contributed by atoms with Gasteiger partial charge in [0.2, 0.25) is 5.91 Å². The average molecular weight is 360 g/mol. The quantitative estimate of drug-likeness (QED) is 0.534. The molecule has 1 amide bonds. The Morgan fingerprint density at radius 1 is 1.38 bits per heavy atom. The molecule has 0 radical (unpaired) electrons. The zero-order valence-corrected chi connectivity index (χ0v) is 14.9. The highest BCUT2D eigenvalue weighted by Gasteiger charge is 2.17. The summed E-state index contributed by atoms with van der Waals surface area (Å²) < 4.78 is 6.46. The maximum absolute atomic E-state index is 12.3. The van der Waals surface area contributed by atoms with Crippen molar-refractivity contribution in [2.45, 2.75) is 24.3 Å². The molecular formula is C16H16N4O2S2. The number of benzene rings is 1. The number of carbonyl (C=O) groups is 1. The molecule has 0 spiro atoms. The third-order valence-corrected chi connectivity index (χ3v) is 5.02. The van der Waals surface area contributed by atoms with Gasteiger partial charge in [-0.15, -0.1) is 0 Å². The van der Waals surface area contributed by atoms with Gasteiger partial charge in [0.1, 0.15) is 5.75 Å². The second kappa shape index (κ2) is 7.59. The number of nitrogens with one attached hydrogen (secondary N) is 1. The molecule has 0 aliphatic rings. The van der Waals surface area contributed by atoms with E-state index in [4.69, 9.17) is 4.74 Å². The van der Waals surface area contributed by atoms with Gasteiger partial charge in [0, 0.05) is 12.4 Å². The molecule has 24 heavy (non-hydrogen) atoms. The molecule has 1 atom stereocenters. The summed E-state index contributed by atoms with van der Waals surface area (Å²) in [7, 11) is 0. The number of amides is 1. The fraction of sp³-hybridized carbons (Fsp3) is 0.250. The molecular weight excluding hydrogens is 344 g/mol. The molecule has 3 aromatic rings. The molecule has 3 rings (SSSR count). The fourth-order valence-corrected chi connectivity index (χ4v) is 3.60. The third-order valence-electron chi connectivity index (χ3n) is 3.09. The predicted octanol–water partition coefficient (Wildman–Crippen LogP) is 3.60. The van der Waals surface area contributed by atoms with E-state index < -0.39 is 0 Å². The van der Waals surface area contributed by atoms with Crippen LogP contribution in [0.3, 0.4) is 0 Å². The van der Waals surface area contributed by atoms with Gasteiger partial charge in [0.15, 0.2) is 10.3 Å². The first-order valence-electron chi connectivity index (χ1n) is 7.43.